The van der Waals surface area contributed by atoms with Gasteiger partial charge in [0.15, 0.2) is 23.5 Å². The molecule has 0 amide bonds. The van der Waals surface area contributed by atoms with Crippen LogP contribution in [0.5, 0.6) is 5.75 Å². The van der Waals surface area contributed by atoms with Crippen LogP contribution in [0, 0.1) is 19.7 Å². The Morgan fingerprint density at radius 1 is 1.06 bits per heavy atom. The number of hydrogen-bond donors (Lipinski definition) is 1. The number of carbonyl (C=O) groups excluding carboxylic acids is 1. The van der Waals surface area contributed by atoms with Gasteiger partial charge in [-0.05, 0) is 92.8 Å². The van der Waals surface area contributed by atoms with Crippen molar-refractivity contribution in [3.63, 3.8) is 0 Å². The van der Waals surface area contributed by atoms with Gasteiger partial charge < -0.3 is 14.6 Å². The van der Waals surface area contributed by atoms with Crippen LogP contribution in [-0.4, -0.2) is 43.8 Å². The summed E-state index contributed by atoms with van der Waals surface area (Å²) in [6, 6.07) is 17.5. The van der Waals surface area contributed by atoms with Crippen LogP contribution >= 0.6 is 11.3 Å². The molecule has 10 heteroatoms. The monoisotopic (exact) mass is 663 g/mol. The Morgan fingerprint density at radius 2 is 1.81 bits per heavy atom. The van der Waals surface area contributed by atoms with Crippen LogP contribution in [0.1, 0.15) is 60.3 Å². The van der Waals surface area contributed by atoms with Crippen molar-refractivity contribution in [1.29, 1.82) is 0 Å². The van der Waals surface area contributed by atoms with Gasteiger partial charge in [0, 0.05) is 35.5 Å². The van der Waals surface area contributed by atoms with Crippen molar-refractivity contribution in [2.45, 2.75) is 52.7 Å². The first-order chi connectivity index (χ1) is 22.8. The number of carbonyl (C=O) groups is 2. The summed E-state index contributed by atoms with van der Waals surface area (Å²) in [7, 11) is 1.91. The molecule has 0 bridgehead atoms. The smallest absolute Gasteiger partial charge is 0.337 e. The summed E-state index contributed by atoms with van der Waals surface area (Å²) in [6.45, 7) is 9.05. The van der Waals surface area contributed by atoms with Crippen LogP contribution in [-0.2, 0) is 16.6 Å². The van der Waals surface area contributed by atoms with Gasteiger partial charge in [-0.25, -0.2) is 14.2 Å². The van der Waals surface area contributed by atoms with Crippen molar-refractivity contribution in [3.05, 3.63) is 88.9 Å². The molecular weight excluding hydrogens is 629 g/mol. The number of benzene rings is 4. The molecule has 0 aliphatic carbocycles. The normalized spacial score (nSPS) is 13.9. The van der Waals surface area contributed by atoms with Crippen LogP contribution in [0.25, 0.3) is 53.9 Å². The summed E-state index contributed by atoms with van der Waals surface area (Å²) in [5.74, 6) is -2.13. The highest BCUT2D eigenvalue weighted by molar-refractivity contribution is 7.22. The van der Waals surface area contributed by atoms with Gasteiger partial charge in [0.05, 0.1) is 39.7 Å². The molecule has 0 fully saturated rings. The number of aliphatic carboxylic acids is 1. The lowest BCUT2D eigenvalue weighted by Gasteiger charge is -2.29. The van der Waals surface area contributed by atoms with E-state index in [1.807, 2.05) is 55.2 Å². The molecular formula is C38H34FN3O5S. The van der Waals surface area contributed by atoms with Crippen LogP contribution < -0.4 is 4.74 Å². The van der Waals surface area contributed by atoms with Gasteiger partial charge in [-0.3, -0.25) is 9.48 Å². The van der Waals surface area contributed by atoms with Gasteiger partial charge in [-0.1, -0.05) is 24.3 Å². The molecule has 1 N–H and O–H groups in total. The highest BCUT2D eigenvalue weighted by Gasteiger charge is 2.35. The first-order valence-electron chi connectivity index (χ1n) is 15.7. The zero-order valence-corrected chi connectivity index (χ0v) is 28.3. The Balaban J connectivity index is 1.47. The lowest BCUT2D eigenvalue weighted by atomic mass is 9.86. The number of aromatic nitrogens is 3. The first kappa shape index (κ1) is 31.7. The van der Waals surface area contributed by atoms with Crippen molar-refractivity contribution in [3.8, 4) is 38.6 Å². The summed E-state index contributed by atoms with van der Waals surface area (Å²) in [5, 5.41) is 16.6. The fraction of sp³-hybridized carbons (Fsp3) is 0.263. The van der Waals surface area contributed by atoms with E-state index in [0.717, 1.165) is 27.6 Å². The lowest BCUT2D eigenvalue weighted by molar-refractivity contribution is -0.160. The van der Waals surface area contributed by atoms with Crippen LogP contribution in [0.15, 0.2) is 60.8 Å². The van der Waals surface area contributed by atoms with Crippen molar-refractivity contribution >= 4 is 44.2 Å². The van der Waals surface area contributed by atoms with Crippen LogP contribution in [0.4, 0.5) is 4.39 Å². The van der Waals surface area contributed by atoms with E-state index in [2.05, 4.69) is 23.3 Å². The predicted molar refractivity (Wildman–Crippen MR) is 185 cm³/mol. The molecule has 7 rings (SSSR count). The maximum Gasteiger partial charge on any atom is 0.337 e. The Morgan fingerprint density at radius 3 is 2.56 bits per heavy atom. The predicted octanol–water partition coefficient (Wildman–Crippen LogP) is 8.85. The number of aryl methyl sites for hydroxylation is 2. The van der Waals surface area contributed by atoms with Gasteiger partial charge >= 0.3 is 5.97 Å². The summed E-state index contributed by atoms with van der Waals surface area (Å²) in [4.78, 5) is 31.0. The Labute approximate surface area is 280 Å². The molecule has 8 nitrogen and oxygen atoms in total. The van der Waals surface area contributed by atoms with Crippen molar-refractivity contribution in [2.75, 3.05) is 6.61 Å². The second kappa shape index (κ2) is 11.6. The summed E-state index contributed by atoms with van der Waals surface area (Å²) < 4.78 is 30.0. The fourth-order valence-corrected chi connectivity index (χ4v) is 7.65. The van der Waals surface area contributed by atoms with Crippen molar-refractivity contribution < 1.29 is 28.6 Å². The highest BCUT2D eigenvalue weighted by atomic mass is 32.1. The zero-order valence-electron chi connectivity index (χ0n) is 27.5. The molecule has 2 aromatic heterocycles. The number of ether oxygens (including phenoxy) is 2. The molecule has 48 heavy (non-hydrogen) atoms. The quantitative estimate of drug-likeness (QED) is 0.190. The number of Topliss-reactive ketones (excluding diaryl/α,β-unsaturated/α-hetero) is 1. The third-order valence-corrected chi connectivity index (χ3v) is 9.83. The molecule has 4 aromatic carbocycles. The molecule has 1 unspecified atom stereocenters. The molecule has 0 saturated carbocycles. The van der Waals surface area contributed by atoms with Gasteiger partial charge in [-0.15, -0.1) is 11.3 Å². The number of thiazole rings is 1. The molecule has 3 heterocycles. The minimum atomic E-state index is -1.37. The number of rotatable bonds is 6. The van der Waals surface area contributed by atoms with E-state index >= 15 is 4.39 Å². The molecule has 244 valence electrons. The summed E-state index contributed by atoms with van der Waals surface area (Å²) in [6.07, 6.45) is 0.606. The molecule has 6 aromatic rings. The average molecular weight is 664 g/mol. The molecule has 1 atom stereocenters. The van der Waals surface area contributed by atoms with E-state index in [0.29, 0.717) is 43.0 Å². The van der Waals surface area contributed by atoms with E-state index < -0.39 is 23.5 Å². The third-order valence-electron chi connectivity index (χ3n) is 8.69. The number of carboxylic acids is 1. The summed E-state index contributed by atoms with van der Waals surface area (Å²) in [5.41, 5.74) is 6.41. The van der Waals surface area contributed by atoms with Gasteiger partial charge in [0.2, 0.25) is 0 Å². The lowest BCUT2D eigenvalue weighted by Crippen LogP contribution is -2.28. The van der Waals surface area contributed by atoms with E-state index in [1.165, 1.54) is 17.4 Å². The van der Waals surface area contributed by atoms with E-state index in [1.54, 1.807) is 27.7 Å². The fourth-order valence-electron chi connectivity index (χ4n) is 6.53. The van der Waals surface area contributed by atoms with E-state index in [-0.39, 0.29) is 30.1 Å². The number of halogens is 1. The largest absolute Gasteiger partial charge is 0.489 e. The van der Waals surface area contributed by atoms with E-state index in [9.17, 15) is 14.7 Å². The maximum absolute atomic E-state index is 15.8. The second-order valence-corrected chi connectivity index (χ2v) is 14.2. The first-order valence-corrected chi connectivity index (χ1v) is 16.5. The minimum absolute atomic E-state index is 0.0649. The Bertz CT molecular complexity index is 2300. The zero-order chi connectivity index (χ0) is 34.1. The maximum atomic E-state index is 15.8. The molecule has 0 radical (unpaired) electrons. The number of hydrogen-bond acceptors (Lipinski definition) is 7. The average Bonchev–Trinajstić information content (AvgIpc) is 3.63. The number of carboxylic acid groups (broad SMARTS) is 1. The molecule has 1 aliphatic heterocycles. The summed E-state index contributed by atoms with van der Waals surface area (Å²) >= 11 is 1.39. The highest BCUT2D eigenvalue weighted by Crippen LogP contribution is 2.47. The van der Waals surface area contributed by atoms with Gasteiger partial charge in [0.1, 0.15) is 5.01 Å². The van der Waals surface area contributed by atoms with Crippen LogP contribution in [0.2, 0.25) is 0 Å². The molecule has 0 saturated heterocycles. The van der Waals surface area contributed by atoms with Gasteiger partial charge in [0.25, 0.3) is 0 Å². The van der Waals surface area contributed by atoms with Crippen molar-refractivity contribution in [2.24, 2.45) is 7.05 Å². The Kier molecular flexibility index (Phi) is 7.68. The van der Waals surface area contributed by atoms with Crippen molar-refractivity contribution in [1.82, 2.24) is 14.8 Å². The van der Waals surface area contributed by atoms with Gasteiger partial charge in [-0.2, -0.15) is 5.10 Å². The number of fused-ring (bicyclic) bond motifs is 3. The SMILES string of the molecule is Cc1cc2nc(-c3cccc(-c4ccc5c(cnn5C)c4)c3)sc2c(-c2cc(F)c3c(c2C)C(=O)CCO3)c1C(OC(C)(C)C)C(=O)O. The third kappa shape index (κ3) is 5.44. The number of ketones is 1. The molecule has 0 spiro atoms. The second-order valence-electron chi connectivity index (χ2n) is 13.2. The number of nitrogens with zero attached hydrogens (tertiary/aromatic N) is 3. The minimum Gasteiger partial charge on any atom is -0.489 e. The Hall–Kier alpha value is -4.93. The molecule has 1 aliphatic rings. The van der Waals surface area contributed by atoms with E-state index in [4.69, 9.17) is 14.5 Å². The topological polar surface area (TPSA) is 104 Å². The standard InChI is InChI=1S/C38H34FN3O5S/c1-19-14-27-35(48-36(41-27)23-9-7-8-21(15-23)22-10-11-28-24(16-22)18-40-42(28)6)32(30(19)34(37(44)45)47-38(3,4)5)25-17-26(39)33-31(20(25)2)29(43)12-13-46-33/h7-11,14-18,34H,12-13H2,1-6H3,(H,44,45). The van der Waals surface area contributed by atoms with Crippen LogP contribution in [0.3, 0.4) is 0 Å².